The van der Waals surface area contributed by atoms with Crippen molar-refractivity contribution in [1.29, 1.82) is 0 Å². The summed E-state index contributed by atoms with van der Waals surface area (Å²) in [6.07, 6.45) is 48.8. The van der Waals surface area contributed by atoms with Gasteiger partial charge in [-0.25, -0.2) is 0 Å². The minimum Gasteiger partial charge on any atom is -0.462 e. The third-order valence-electron chi connectivity index (χ3n) is 10.4. The fourth-order valence-corrected chi connectivity index (χ4v) is 6.85. The first-order valence-corrected chi connectivity index (χ1v) is 23.8. The van der Waals surface area contributed by atoms with E-state index in [1.165, 1.54) is 135 Å². The standard InChI is InChI=1S/C49H90O6/c1-4-7-10-13-16-19-21-23-24-26-28-31-34-37-40-43-49(52)55-46(44-53-47(50)41-38-35-32-29-18-15-12-9-6-3)45-54-48(51)42-39-36-33-30-27-25-22-20-17-14-11-8-5-2/h9,12,23-24,46H,4-8,10-11,13-22,25-45H2,1-3H3. The topological polar surface area (TPSA) is 78.9 Å². The molecule has 0 heterocycles. The summed E-state index contributed by atoms with van der Waals surface area (Å²) in [5.41, 5.74) is 0. The summed E-state index contributed by atoms with van der Waals surface area (Å²) >= 11 is 0. The van der Waals surface area contributed by atoms with Gasteiger partial charge in [0.15, 0.2) is 6.10 Å². The zero-order valence-corrected chi connectivity index (χ0v) is 36.7. The summed E-state index contributed by atoms with van der Waals surface area (Å²) in [5.74, 6) is -0.889. The van der Waals surface area contributed by atoms with Crippen LogP contribution >= 0.6 is 0 Å². The highest BCUT2D eigenvalue weighted by molar-refractivity contribution is 5.71. The van der Waals surface area contributed by atoms with Gasteiger partial charge in [0.05, 0.1) is 0 Å². The van der Waals surface area contributed by atoms with Gasteiger partial charge < -0.3 is 14.2 Å². The summed E-state index contributed by atoms with van der Waals surface area (Å²) < 4.78 is 16.7. The zero-order chi connectivity index (χ0) is 40.1. The first kappa shape index (κ1) is 52.9. The molecule has 322 valence electrons. The maximum atomic E-state index is 12.7. The molecule has 1 atom stereocenters. The van der Waals surface area contributed by atoms with Gasteiger partial charge in [0.1, 0.15) is 13.2 Å². The van der Waals surface area contributed by atoms with Crippen LogP contribution in [0.5, 0.6) is 0 Å². The highest BCUT2D eigenvalue weighted by Crippen LogP contribution is 2.15. The predicted octanol–water partition coefficient (Wildman–Crippen LogP) is 15.2. The lowest BCUT2D eigenvalue weighted by atomic mass is 10.0. The van der Waals surface area contributed by atoms with Gasteiger partial charge in [0.25, 0.3) is 0 Å². The monoisotopic (exact) mass is 775 g/mol. The Bertz CT molecular complexity index is 896. The molecule has 0 saturated carbocycles. The van der Waals surface area contributed by atoms with Gasteiger partial charge in [0.2, 0.25) is 0 Å². The van der Waals surface area contributed by atoms with Gasteiger partial charge >= 0.3 is 17.9 Å². The Morgan fingerprint density at radius 2 is 0.655 bits per heavy atom. The molecule has 0 amide bonds. The molecule has 0 aliphatic heterocycles. The molecule has 0 aromatic carbocycles. The maximum absolute atomic E-state index is 12.7. The van der Waals surface area contributed by atoms with E-state index in [1.807, 2.05) is 0 Å². The molecule has 0 aliphatic carbocycles. The van der Waals surface area contributed by atoms with Crippen molar-refractivity contribution in [1.82, 2.24) is 0 Å². The molecular weight excluding hydrogens is 685 g/mol. The van der Waals surface area contributed by atoms with E-state index in [4.69, 9.17) is 14.2 Å². The van der Waals surface area contributed by atoms with Crippen molar-refractivity contribution in [3.8, 4) is 0 Å². The molecule has 55 heavy (non-hydrogen) atoms. The highest BCUT2D eigenvalue weighted by Gasteiger charge is 2.19. The number of allylic oxidation sites excluding steroid dienone is 4. The zero-order valence-electron chi connectivity index (χ0n) is 36.7. The molecule has 0 fully saturated rings. The van der Waals surface area contributed by atoms with Crippen molar-refractivity contribution >= 4 is 17.9 Å². The number of carbonyl (C=O) groups excluding carboxylic acids is 3. The first-order valence-electron chi connectivity index (χ1n) is 23.8. The Hall–Kier alpha value is -2.11. The van der Waals surface area contributed by atoms with Crippen LogP contribution in [0.2, 0.25) is 0 Å². The van der Waals surface area contributed by atoms with E-state index in [0.717, 1.165) is 77.0 Å². The third kappa shape index (κ3) is 42.9. The number of unbranched alkanes of at least 4 members (excludes halogenated alkanes) is 28. The van der Waals surface area contributed by atoms with E-state index >= 15 is 0 Å². The van der Waals surface area contributed by atoms with Crippen LogP contribution in [0.4, 0.5) is 0 Å². The Morgan fingerprint density at radius 3 is 1.00 bits per heavy atom. The summed E-state index contributed by atoms with van der Waals surface area (Å²) in [4.78, 5) is 37.7. The number of esters is 3. The normalized spacial score (nSPS) is 12.1. The minimum absolute atomic E-state index is 0.0743. The highest BCUT2D eigenvalue weighted by atomic mass is 16.6. The molecule has 0 aromatic heterocycles. The van der Waals surface area contributed by atoms with Crippen molar-refractivity contribution in [2.45, 2.75) is 258 Å². The second-order valence-electron chi connectivity index (χ2n) is 16.0. The number of rotatable bonds is 43. The molecule has 6 nitrogen and oxygen atoms in total. The molecule has 0 N–H and O–H groups in total. The SMILES string of the molecule is CCC=CCCCCCCCC(=O)OCC(COC(=O)CCCCCCCCCCCCCCC)OC(=O)CCCCCCCC=CCCCCCCCC. The molecule has 6 heteroatoms. The molecule has 0 bridgehead atoms. The van der Waals surface area contributed by atoms with Gasteiger partial charge in [-0.1, -0.05) is 193 Å². The van der Waals surface area contributed by atoms with E-state index in [1.54, 1.807) is 0 Å². The number of hydrogen-bond acceptors (Lipinski definition) is 6. The number of carbonyl (C=O) groups is 3. The van der Waals surface area contributed by atoms with Crippen LogP contribution in [0.1, 0.15) is 252 Å². The van der Waals surface area contributed by atoms with Crippen LogP contribution in [0.25, 0.3) is 0 Å². The Balaban J connectivity index is 4.33. The quantitative estimate of drug-likeness (QED) is 0.0266. The van der Waals surface area contributed by atoms with E-state index in [0.29, 0.717) is 19.3 Å². The van der Waals surface area contributed by atoms with Crippen molar-refractivity contribution in [2.75, 3.05) is 13.2 Å². The van der Waals surface area contributed by atoms with Gasteiger partial charge in [-0.2, -0.15) is 0 Å². The largest absolute Gasteiger partial charge is 0.462 e. The number of ether oxygens (including phenoxy) is 3. The van der Waals surface area contributed by atoms with Crippen molar-refractivity contribution < 1.29 is 28.6 Å². The summed E-state index contributed by atoms with van der Waals surface area (Å²) in [6, 6.07) is 0. The molecule has 0 spiro atoms. The summed E-state index contributed by atoms with van der Waals surface area (Å²) in [7, 11) is 0. The first-order chi connectivity index (χ1) is 27.0. The average molecular weight is 775 g/mol. The van der Waals surface area contributed by atoms with Gasteiger partial charge in [-0.15, -0.1) is 0 Å². The van der Waals surface area contributed by atoms with Gasteiger partial charge in [0, 0.05) is 19.3 Å². The second kappa shape index (κ2) is 44.6. The van der Waals surface area contributed by atoms with E-state index in [-0.39, 0.29) is 31.1 Å². The fourth-order valence-electron chi connectivity index (χ4n) is 6.85. The van der Waals surface area contributed by atoms with Crippen LogP contribution in [0.3, 0.4) is 0 Å². The maximum Gasteiger partial charge on any atom is 0.306 e. The van der Waals surface area contributed by atoms with Gasteiger partial charge in [-0.3, -0.25) is 14.4 Å². The third-order valence-corrected chi connectivity index (χ3v) is 10.4. The molecule has 0 aromatic rings. The Morgan fingerprint density at radius 1 is 0.364 bits per heavy atom. The predicted molar refractivity (Wildman–Crippen MR) is 233 cm³/mol. The van der Waals surface area contributed by atoms with Crippen molar-refractivity contribution in [3.05, 3.63) is 24.3 Å². The lowest BCUT2D eigenvalue weighted by Gasteiger charge is -2.18. The lowest BCUT2D eigenvalue weighted by Crippen LogP contribution is -2.30. The van der Waals surface area contributed by atoms with Crippen molar-refractivity contribution in [3.63, 3.8) is 0 Å². The fraction of sp³-hybridized carbons (Fsp3) is 0.857. The minimum atomic E-state index is -0.772. The van der Waals surface area contributed by atoms with E-state index in [2.05, 4.69) is 45.1 Å². The van der Waals surface area contributed by atoms with E-state index < -0.39 is 6.10 Å². The van der Waals surface area contributed by atoms with Crippen molar-refractivity contribution in [2.24, 2.45) is 0 Å². The smallest absolute Gasteiger partial charge is 0.306 e. The molecule has 0 rings (SSSR count). The summed E-state index contributed by atoms with van der Waals surface area (Å²) in [6.45, 7) is 6.52. The Kier molecular flexibility index (Phi) is 42.9. The van der Waals surface area contributed by atoms with Crippen LogP contribution in [-0.2, 0) is 28.6 Å². The van der Waals surface area contributed by atoms with Crippen LogP contribution < -0.4 is 0 Å². The lowest BCUT2D eigenvalue weighted by molar-refractivity contribution is -0.167. The molecule has 0 radical (unpaired) electrons. The molecular formula is C49H90O6. The van der Waals surface area contributed by atoms with Crippen LogP contribution in [-0.4, -0.2) is 37.2 Å². The summed E-state index contributed by atoms with van der Waals surface area (Å²) in [5, 5.41) is 0. The van der Waals surface area contributed by atoms with Crippen LogP contribution in [0.15, 0.2) is 24.3 Å². The Labute approximate surface area is 341 Å². The van der Waals surface area contributed by atoms with Crippen LogP contribution in [0, 0.1) is 0 Å². The number of hydrogen-bond donors (Lipinski definition) is 0. The van der Waals surface area contributed by atoms with E-state index in [9.17, 15) is 14.4 Å². The molecule has 1 unspecified atom stereocenters. The second-order valence-corrected chi connectivity index (χ2v) is 16.0. The molecule has 0 aliphatic rings. The van der Waals surface area contributed by atoms with Gasteiger partial charge in [-0.05, 0) is 64.2 Å². The molecule has 0 saturated heterocycles. The average Bonchev–Trinajstić information content (AvgIpc) is 3.18.